The molecule has 0 aliphatic carbocycles. The predicted octanol–water partition coefficient (Wildman–Crippen LogP) is 6.12. The lowest BCUT2D eigenvalue weighted by Gasteiger charge is -2.21. The van der Waals surface area contributed by atoms with Gasteiger partial charge in [-0.1, -0.05) is 79.7 Å². The van der Waals surface area contributed by atoms with Gasteiger partial charge >= 0.3 is 0 Å². The summed E-state index contributed by atoms with van der Waals surface area (Å²) in [5.74, 6) is 0.385. The monoisotopic (exact) mass is 286 g/mol. The third kappa shape index (κ3) is 2.69. The molecule has 0 N–H and O–H groups in total. The Bertz CT molecular complexity index is 755. The van der Waals surface area contributed by atoms with Crippen molar-refractivity contribution in [3.8, 4) is 11.1 Å². The van der Waals surface area contributed by atoms with Crippen LogP contribution in [0.5, 0.6) is 0 Å². The summed E-state index contributed by atoms with van der Waals surface area (Å²) in [6, 6.07) is 26.0. The largest absolute Gasteiger partial charge is 0.0622 e. The van der Waals surface area contributed by atoms with Crippen molar-refractivity contribution in [2.24, 2.45) is 0 Å². The molecule has 3 aromatic carbocycles. The Balaban J connectivity index is 2.19. The summed E-state index contributed by atoms with van der Waals surface area (Å²) in [5, 5.41) is 0. The van der Waals surface area contributed by atoms with Gasteiger partial charge in [-0.25, -0.2) is 0 Å². The maximum Gasteiger partial charge on any atom is 0.00698 e. The fourth-order valence-electron chi connectivity index (χ4n) is 3.17. The lowest BCUT2D eigenvalue weighted by Crippen LogP contribution is -2.03. The quantitative estimate of drug-likeness (QED) is 0.544. The molecule has 0 bridgehead atoms. The Morgan fingerprint density at radius 1 is 0.682 bits per heavy atom. The fourth-order valence-corrected chi connectivity index (χ4v) is 3.17. The van der Waals surface area contributed by atoms with E-state index in [2.05, 4.69) is 93.6 Å². The van der Waals surface area contributed by atoms with Crippen molar-refractivity contribution in [1.29, 1.82) is 0 Å². The van der Waals surface area contributed by atoms with E-state index < -0.39 is 0 Å². The second-order valence-corrected chi connectivity index (χ2v) is 5.97. The zero-order chi connectivity index (χ0) is 15.5. The average Bonchev–Trinajstić information content (AvgIpc) is 2.58. The molecule has 1 atom stereocenters. The Morgan fingerprint density at radius 2 is 1.27 bits per heavy atom. The smallest absolute Gasteiger partial charge is 0.00698 e. The summed E-state index contributed by atoms with van der Waals surface area (Å²) in [7, 11) is 0. The van der Waals surface area contributed by atoms with Gasteiger partial charge in [-0.3, -0.25) is 0 Å². The van der Waals surface area contributed by atoms with Crippen LogP contribution in [0.3, 0.4) is 0 Å². The van der Waals surface area contributed by atoms with E-state index in [1.54, 1.807) is 0 Å². The SMILES string of the molecule is Cc1ccc(-c2ccccc2)c(C(C)c2ccccc2)c1C. The molecule has 0 saturated heterocycles. The van der Waals surface area contributed by atoms with Gasteiger partial charge in [-0.05, 0) is 47.2 Å². The average molecular weight is 286 g/mol. The topological polar surface area (TPSA) is 0 Å². The summed E-state index contributed by atoms with van der Waals surface area (Å²) in [4.78, 5) is 0. The van der Waals surface area contributed by atoms with Crippen LogP contribution in [0.15, 0.2) is 72.8 Å². The number of aryl methyl sites for hydroxylation is 1. The number of rotatable bonds is 3. The summed E-state index contributed by atoms with van der Waals surface area (Å²) in [6.45, 7) is 6.76. The van der Waals surface area contributed by atoms with Crippen molar-refractivity contribution >= 4 is 0 Å². The molecule has 0 amide bonds. The maximum absolute atomic E-state index is 2.31. The van der Waals surface area contributed by atoms with E-state index >= 15 is 0 Å². The van der Waals surface area contributed by atoms with Crippen molar-refractivity contribution in [2.75, 3.05) is 0 Å². The first kappa shape index (κ1) is 14.6. The highest BCUT2D eigenvalue weighted by atomic mass is 14.2. The fraction of sp³-hybridized carbons (Fsp3) is 0.182. The Labute approximate surface area is 133 Å². The second kappa shape index (κ2) is 6.19. The maximum atomic E-state index is 2.31. The van der Waals surface area contributed by atoms with Crippen molar-refractivity contribution in [3.63, 3.8) is 0 Å². The number of hydrogen-bond donors (Lipinski definition) is 0. The molecule has 0 spiro atoms. The normalized spacial score (nSPS) is 12.1. The Kier molecular flexibility index (Phi) is 4.11. The molecular weight excluding hydrogens is 264 g/mol. The molecular formula is C22H22. The van der Waals surface area contributed by atoms with Crippen molar-refractivity contribution in [2.45, 2.75) is 26.7 Å². The van der Waals surface area contributed by atoms with Crippen LogP contribution in [0.2, 0.25) is 0 Å². The van der Waals surface area contributed by atoms with Crippen LogP contribution in [0.1, 0.15) is 35.1 Å². The third-order valence-corrected chi connectivity index (χ3v) is 4.60. The first-order valence-electron chi connectivity index (χ1n) is 7.89. The summed E-state index contributed by atoms with van der Waals surface area (Å²) >= 11 is 0. The van der Waals surface area contributed by atoms with E-state index in [1.165, 1.54) is 33.4 Å². The molecule has 0 heterocycles. The van der Waals surface area contributed by atoms with Crippen LogP contribution >= 0.6 is 0 Å². The Morgan fingerprint density at radius 3 is 1.91 bits per heavy atom. The van der Waals surface area contributed by atoms with Gasteiger partial charge in [-0.2, -0.15) is 0 Å². The standard InChI is InChI=1S/C22H22/c1-16-14-15-21(20-12-8-5-9-13-20)22(17(16)2)18(3)19-10-6-4-7-11-19/h4-15,18H,1-3H3. The number of hydrogen-bond acceptors (Lipinski definition) is 0. The molecule has 0 radical (unpaired) electrons. The van der Waals surface area contributed by atoms with Crippen LogP contribution in [-0.4, -0.2) is 0 Å². The highest BCUT2D eigenvalue weighted by Gasteiger charge is 2.17. The molecule has 0 aliphatic heterocycles. The van der Waals surface area contributed by atoms with Gasteiger partial charge < -0.3 is 0 Å². The molecule has 0 aliphatic rings. The lowest BCUT2D eigenvalue weighted by molar-refractivity contribution is 0.909. The summed E-state index contributed by atoms with van der Waals surface area (Å²) in [5.41, 5.74) is 8.21. The first-order valence-corrected chi connectivity index (χ1v) is 7.89. The van der Waals surface area contributed by atoms with E-state index in [4.69, 9.17) is 0 Å². The molecule has 1 unspecified atom stereocenters. The highest BCUT2D eigenvalue weighted by Crippen LogP contribution is 2.36. The second-order valence-electron chi connectivity index (χ2n) is 5.97. The lowest BCUT2D eigenvalue weighted by atomic mass is 9.83. The highest BCUT2D eigenvalue weighted by molar-refractivity contribution is 5.71. The summed E-state index contributed by atoms with van der Waals surface area (Å²) < 4.78 is 0. The van der Waals surface area contributed by atoms with Crippen molar-refractivity contribution in [1.82, 2.24) is 0 Å². The minimum atomic E-state index is 0.385. The van der Waals surface area contributed by atoms with E-state index in [0.717, 1.165) is 0 Å². The van der Waals surface area contributed by atoms with Crippen LogP contribution in [-0.2, 0) is 0 Å². The van der Waals surface area contributed by atoms with Gasteiger partial charge in [-0.15, -0.1) is 0 Å². The minimum absolute atomic E-state index is 0.385. The van der Waals surface area contributed by atoms with Crippen LogP contribution in [0, 0.1) is 13.8 Å². The van der Waals surface area contributed by atoms with Crippen LogP contribution in [0.4, 0.5) is 0 Å². The molecule has 0 fully saturated rings. The molecule has 0 nitrogen and oxygen atoms in total. The van der Waals surface area contributed by atoms with Crippen LogP contribution < -0.4 is 0 Å². The van der Waals surface area contributed by atoms with E-state index in [-0.39, 0.29) is 0 Å². The summed E-state index contributed by atoms with van der Waals surface area (Å²) in [6.07, 6.45) is 0. The Hall–Kier alpha value is -2.34. The predicted molar refractivity (Wildman–Crippen MR) is 95.3 cm³/mol. The molecule has 110 valence electrons. The molecule has 0 saturated carbocycles. The van der Waals surface area contributed by atoms with Crippen molar-refractivity contribution < 1.29 is 0 Å². The van der Waals surface area contributed by atoms with Crippen molar-refractivity contribution in [3.05, 3.63) is 95.1 Å². The van der Waals surface area contributed by atoms with Gasteiger partial charge in [0.2, 0.25) is 0 Å². The zero-order valence-corrected chi connectivity index (χ0v) is 13.5. The van der Waals surface area contributed by atoms with Gasteiger partial charge in [0.05, 0.1) is 0 Å². The van der Waals surface area contributed by atoms with E-state index in [1.807, 2.05) is 0 Å². The molecule has 3 rings (SSSR count). The zero-order valence-electron chi connectivity index (χ0n) is 13.5. The molecule has 3 aromatic rings. The van der Waals surface area contributed by atoms with Gasteiger partial charge in [0.25, 0.3) is 0 Å². The van der Waals surface area contributed by atoms with E-state index in [9.17, 15) is 0 Å². The van der Waals surface area contributed by atoms with Gasteiger partial charge in [0.15, 0.2) is 0 Å². The third-order valence-electron chi connectivity index (χ3n) is 4.60. The van der Waals surface area contributed by atoms with E-state index in [0.29, 0.717) is 5.92 Å². The molecule has 22 heavy (non-hydrogen) atoms. The van der Waals surface area contributed by atoms with Gasteiger partial charge in [0, 0.05) is 5.92 Å². The first-order chi connectivity index (χ1) is 10.7. The molecule has 0 heteroatoms. The minimum Gasteiger partial charge on any atom is -0.0622 e. The number of benzene rings is 3. The molecule has 0 aromatic heterocycles. The van der Waals surface area contributed by atoms with Crippen LogP contribution in [0.25, 0.3) is 11.1 Å². The van der Waals surface area contributed by atoms with Gasteiger partial charge in [0.1, 0.15) is 0 Å².